The average Bonchev–Trinajstić information content (AvgIpc) is 3.46. The summed E-state index contributed by atoms with van der Waals surface area (Å²) in [7, 11) is 0. The molecule has 156 valence electrons. The Bertz CT molecular complexity index is 1250. The van der Waals surface area contributed by atoms with Crippen molar-refractivity contribution in [2.45, 2.75) is 17.7 Å². The molecule has 5 rings (SSSR count). The Morgan fingerprint density at radius 1 is 1.13 bits per heavy atom. The van der Waals surface area contributed by atoms with Crippen LogP contribution in [0.3, 0.4) is 0 Å². The standard InChI is InChI=1S/C23H20N4O3S/c28-21(9-10-22(29)27-11-13-31-20-6-2-1-4-18(20)27)24-15-7-8-16-17(14-15)26-23(25-16)19-5-3-12-30-19/h1-8,12,14H,9-11,13H2,(H,24,28)(H,25,26). The molecule has 0 atom stereocenters. The van der Waals surface area contributed by atoms with Crippen LogP contribution < -0.4 is 10.2 Å². The smallest absolute Gasteiger partial charge is 0.227 e. The molecule has 2 aromatic heterocycles. The molecule has 2 amide bonds. The first kappa shape index (κ1) is 19.4. The number of carbonyl (C=O) groups excluding carboxylic acids is 2. The zero-order valence-electron chi connectivity index (χ0n) is 16.6. The molecule has 0 unspecified atom stereocenters. The molecular formula is C23H20N4O3S. The van der Waals surface area contributed by atoms with Crippen molar-refractivity contribution < 1.29 is 14.0 Å². The topological polar surface area (TPSA) is 91.2 Å². The molecule has 1 aliphatic heterocycles. The fraction of sp³-hybridized carbons (Fsp3) is 0.174. The van der Waals surface area contributed by atoms with Crippen molar-refractivity contribution in [2.75, 3.05) is 22.5 Å². The first-order valence-electron chi connectivity index (χ1n) is 10.0. The number of furan rings is 1. The molecule has 0 saturated heterocycles. The molecule has 2 aromatic carbocycles. The number of fused-ring (bicyclic) bond motifs is 2. The predicted octanol–water partition coefficient (Wildman–Crippen LogP) is 4.68. The van der Waals surface area contributed by atoms with Gasteiger partial charge in [-0.2, -0.15) is 0 Å². The maximum atomic E-state index is 12.7. The first-order valence-corrected chi connectivity index (χ1v) is 11.0. The number of benzene rings is 2. The molecule has 2 N–H and O–H groups in total. The molecule has 31 heavy (non-hydrogen) atoms. The summed E-state index contributed by atoms with van der Waals surface area (Å²) in [6.07, 6.45) is 1.89. The van der Waals surface area contributed by atoms with Crippen molar-refractivity contribution in [3.8, 4) is 11.6 Å². The van der Waals surface area contributed by atoms with Crippen molar-refractivity contribution in [1.29, 1.82) is 0 Å². The first-order chi connectivity index (χ1) is 15.2. The number of imidazole rings is 1. The summed E-state index contributed by atoms with van der Waals surface area (Å²) in [5, 5.41) is 2.87. The van der Waals surface area contributed by atoms with Gasteiger partial charge in [-0.1, -0.05) is 12.1 Å². The predicted molar refractivity (Wildman–Crippen MR) is 121 cm³/mol. The van der Waals surface area contributed by atoms with Gasteiger partial charge in [0, 0.05) is 35.7 Å². The van der Waals surface area contributed by atoms with Gasteiger partial charge in [0.2, 0.25) is 11.8 Å². The highest BCUT2D eigenvalue weighted by Crippen LogP contribution is 2.34. The number of nitrogens with zero attached hydrogens (tertiary/aromatic N) is 2. The van der Waals surface area contributed by atoms with Crippen molar-refractivity contribution >= 4 is 46.0 Å². The van der Waals surface area contributed by atoms with Gasteiger partial charge in [0.1, 0.15) is 0 Å². The molecule has 0 aliphatic carbocycles. The van der Waals surface area contributed by atoms with Crippen LogP contribution in [0.1, 0.15) is 12.8 Å². The number of H-pyrrole nitrogens is 1. The zero-order valence-corrected chi connectivity index (χ0v) is 17.4. The van der Waals surface area contributed by atoms with Gasteiger partial charge < -0.3 is 19.6 Å². The number of amides is 2. The van der Waals surface area contributed by atoms with Gasteiger partial charge in [-0.25, -0.2) is 4.98 Å². The number of aromatic amines is 1. The maximum Gasteiger partial charge on any atom is 0.227 e. The number of rotatable bonds is 5. The molecule has 3 heterocycles. The Hall–Kier alpha value is -3.52. The van der Waals surface area contributed by atoms with Gasteiger partial charge in [0.15, 0.2) is 11.6 Å². The van der Waals surface area contributed by atoms with E-state index >= 15 is 0 Å². The molecule has 0 spiro atoms. The third kappa shape index (κ3) is 4.06. The molecule has 8 heteroatoms. The Kier molecular flexibility index (Phi) is 5.21. The Morgan fingerprint density at radius 3 is 2.90 bits per heavy atom. The summed E-state index contributed by atoms with van der Waals surface area (Å²) >= 11 is 1.75. The number of para-hydroxylation sites is 1. The molecule has 1 aliphatic rings. The molecule has 0 fully saturated rings. The van der Waals surface area contributed by atoms with Gasteiger partial charge in [0.05, 0.1) is 23.0 Å². The minimum atomic E-state index is -0.196. The average molecular weight is 433 g/mol. The molecule has 0 saturated carbocycles. The number of carbonyl (C=O) groups is 2. The van der Waals surface area contributed by atoms with Crippen LogP contribution in [0.4, 0.5) is 11.4 Å². The fourth-order valence-corrected chi connectivity index (χ4v) is 4.62. The van der Waals surface area contributed by atoms with Crippen LogP contribution in [0, 0.1) is 0 Å². The van der Waals surface area contributed by atoms with Crippen molar-refractivity contribution in [2.24, 2.45) is 0 Å². The summed E-state index contributed by atoms with van der Waals surface area (Å²) < 4.78 is 5.37. The summed E-state index contributed by atoms with van der Waals surface area (Å²) in [4.78, 5) is 35.7. The van der Waals surface area contributed by atoms with E-state index < -0.39 is 0 Å². The van der Waals surface area contributed by atoms with E-state index in [1.165, 1.54) is 0 Å². The van der Waals surface area contributed by atoms with E-state index in [1.54, 1.807) is 35.1 Å². The number of aromatic nitrogens is 2. The third-order valence-electron chi connectivity index (χ3n) is 5.12. The highest BCUT2D eigenvalue weighted by atomic mass is 32.2. The van der Waals surface area contributed by atoms with Crippen molar-refractivity contribution in [1.82, 2.24) is 9.97 Å². The van der Waals surface area contributed by atoms with Gasteiger partial charge in [-0.3, -0.25) is 9.59 Å². The van der Waals surface area contributed by atoms with Crippen molar-refractivity contribution in [3.05, 3.63) is 60.9 Å². The molecule has 0 bridgehead atoms. The van der Waals surface area contributed by atoms with Gasteiger partial charge in [0.25, 0.3) is 0 Å². The number of thioether (sulfide) groups is 1. The van der Waals surface area contributed by atoms with E-state index in [0.29, 0.717) is 23.8 Å². The summed E-state index contributed by atoms with van der Waals surface area (Å²) in [6, 6.07) is 17.0. The van der Waals surface area contributed by atoms with E-state index in [0.717, 1.165) is 27.4 Å². The van der Waals surface area contributed by atoms with Gasteiger partial charge >= 0.3 is 0 Å². The van der Waals surface area contributed by atoms with Crippen LogP contribution in [0.25, 0.3) is 22.6 Å². The lowest BCUT2D eigenvalue weighted by Crippen LogP contribution is -2.35. The lowest BCUT2D eigenvalue weighted by atomic mass is 10.2. The second-order valence-corrected chi connectivity index (χ2v) is 8.34. The van der Waals surface area contributed by atoms with Crippen LogP contribution in [-0.2, 0) is 9.59 Å². The fourth-order valence-electron chi connectivity index (χ4n) is 3.62. The second kappa shape index (κ2) is 8.31. The third-order valence-corrected chi connectivity index (χ3v) is 6.16. The van der Waals surface area contributed by atoms with Gasteiger partial charge in [-0.05, 0) is 42.5 Å². The van der Waals surface area contributed by atoms with Crippen LogP contribution in [0.15, 0.2) is 70.2 Å². The highest BCUT2D eigenvalue weighted by Gasteiger charge is 2.23. The molecule has 0 radical (unpaired) electrons. The van der Waals surface area contributed by atoms with Crippen molar-refractivity contribution in [3.63, 3.8) is 0 Å². The second-order valence-electron chi connectivity index (χ2n) is 7.20. The van der Waals surface area contributed by atoms with Gasteiger partial charge in [-0.15, -0.1) is 11.8 Å². The molecule has 7 nitrogen and oxygen atoms in total. The number of nitrogens with one attached hydrogen (secondary N) is 2. The Balaban J connectivity index is 1.22. The lowest BCUT2D eigenvalue weighted by molar-refractivity contribution is -0.122. The van der Waals surface area contributed by atoms with Crippen LogP contribution >= 0.6 is 11.8 Å². The minimum Gasteiger partial charge on any atom is -0.461 e. The lowest BCUT2D eigenvalue weighted by Gasteiger charge is -2.29. The molecular weight excluding hydrogens is 412 g/mol. The van der Waals surface area contributed by atoms with Crippen LogP contribution in [0.2, 0.25) is 0 Å². The Morgan fingerprint density at radius 2 is 2.03 bits per heavy atom. The molecule has 4 aromatic rings. The summed E-state index contributed by atoms with van der Waals surface area (Å²) in [5.74, 6) is 1.92. The summed E-state index contributed by atoms with van der Waals surface area (Å²) in [6.45, 7) is 0.663. The number of hydrogen-bond donors (Lipinski definition) is 2. The monoisotopic (exact) mass is 432 g/mol. The van der Waals surface area contributed by atoms with Crippen LogP contribution in [-0.4, -0.2) is 34.1 Å². The van der Waals surface area contributed by atoms with E-state index in [1.807, 2.05) is 42.5 Å². The SMILES string of the molecule is O=C(CCC(=O)N1CCSc2ccccc21)Nc1ccc2nc(-c3ccco3)[nH]c2c1. The Labute approximate surface area is 182 Å². The van der Waals surface area contributed by atoms with E-state index in [4.69, 9.17) is 4.42 Å². The van der Waals surface area contributed by atoms with E-state index in [9.17, 15) is 9.59 Å². The minimum absolute atomic E-state index is 0.0324. The quantitative estimate of drug-likeness (QED) is 0.478. The summed E-state index contributed by atoms with van der Waals surface area (Å²) in [5.41, 5.74) is 3.16. The number of anilines is 2. The zero-order chi connectivity index (χ0) is 21.2. The van der Waals surface area contributed by atoms with E-state index in [2.05, 4.69) is 15.3 Å². The maximum absolute atomic E-state index is 12.7. The normalized spacial score (nSPS) is 13.2. The van der Waals surface area contributed by atoms with Crippen LogP contribution in [0.5, 0.6) is 0 Å². The largest absolute Gasteiger partial charge is 0.461 e. The van der Waals surface area contributed by atoms with E-state index in [-0.39, 0.29) is 24.7 Å². The number of hydrogen-bond acceptors (Lipinski definition) is 5. The highest BCUT2D eigenvalue weighted by molar-refractivity contribution is 7.99.